The Morgan fingerprint density at radius 3 is 2.72 bits per heavy atom. The van der Waals surface area contributed by atoms with Crippen molar-refractivity contribution in [3.8, 4) is 0 Å². The van der Waals surface area contributed by atoms with Crippen LogP contribution < -0.4 is 5.32 Å². The molecule has 1 aromatic rings. The molecule has 0 spiro atoms. The molecule has 18 heavy (non-hydrogen) atoms. The third kappa shape index (κ3) is 3.85. The van der Waals surface area contributed by atoms with Crippen LogP contribution in [0.3, 0.4) is 0 Å². The Bertz CT molecular complexity index is 441. The molecule has 7 heteroatoms. The summed E-state index contributed by atoms with van der Waals surface area (Å²) < 4.78 is 6.52. The van der Waals surface area contributed by atoms with Gasteiger partial charge in [-0.05, 0) is 6.92 Å². The maximum Gasteiger partial charge on any atom is 0.306 e. The topological polar surface area (TPSA) is 93.5 Å². The summed E-state index contributed by atoms with van der Waals surface area (Å²) in [4.78, 5) is 22.4. The zero-order valence-electron chi connectivity index (χ0n) is 10.6. The minimum atomic E-state index is -0.964. The Balaban J connectivity index is 2.55. The number of carboxylic acid groups (broad SMARTS) is 1. The van der Waals surface area contributed by atoms with Gasteiger partial charge in [-0.15, -0.1) is 0 Å². The molecule has 1 unspecified atom stereocenters. The number of hydrogen-bond acceptors (Lipinski definition) is 4. The molecule has 2 N–H and O–H groups in total. The fraction of sp³-hybridized carbons (Fsp3) is 0.545. The maximum atomic E-state index is 11.8. The fourth-order valence-electron chi connectivity index (χ4n) is 1.56. The van der Waals surface area contributed by atoms with Gasteiger partial charge in [-0.1, -0.05) is 0 Å². The molecule has 1 atom stereocenters. The molecular weight excluding hydrogens is 238 g/mol. The SMILES string of the molecule is COC(CNC(=O)c1cn(C)nc1C)CC(=O)O. The van der Waals surface area contributed by atoms with E-state index in [0.29, 0.717) is 11.3 Å². The van der Waals surface area contributed by atoms with Crippen molar-refractivity contribution >= 4 is 11.9 Å². The molecular formula is C11H17N3O4. The fourth-order valence-corrected chi connectivity index (χ4v) is 1.56. The maximum absolute atomic E-state index is 11.8. The summed E-state index contributed by atoms with van der Waals surface area (Å²) in [6, 6.07) is 0. The molecule has 0 saturated heterocycles. The van der Waals surface area contributed by atoms with Gasteiger partial charge < -0.3 is 15.2 Å². The third-order valence-corrected chi connectivity index (χ3v) is 2.48. The van der Waals surface area contributed by atoms with Gasteiger partial charge in [0.25, 0.3) is 5.91 Å². The van der Waals surface area contributed by atoms with Gasteiger partial charge >= 0.3 is 5.97 Å². The van der Waals surface area contributed by atoms with Gasteiger partial charge in [0, 0.05) is 26.9 Å². The predicted molar refractivity (Wildman–Crippen MR) is 63.3 cm³/mol. The number of methoxy groups -OCH3 is 1. The number of carbonyl (C=O) groups excluding carboxylic acids is 1. The highest BCUT2D eigenvalue weighted by Gasteiger charge is 2.16. The molecule has 100 valence electrons. The van der Waals surface area contributed by atoms with Crippen molar-refractivity contribution in [3.63, 3.8) is 0 Å². The molecule has 0 aliphatic carbocycles. The van der Waals surface area contributed by atoms with E-state index in [1.807, 2.05) is 0 Å². The first-order valence-corrected chi connectivity index (χ1v) is 5.47. The van der Waals surface area contributed by atoms with E-state index in [0.717, 1.165) is 0 Å². The van der Waals surface area contributed by atoms with Gasteiger partial charge in [0.15, 0.2) is 0 Å². The summed E-state index contributed by atoms with van der Waals surface area (Å²) in [7, 11) is 3.14. The lowest BCUT2D eigenvalue weighted by Gasteiger charge is -2.13. The largest absolute Gasteiger partial charge is 0.481 e. The minimum Gasteiger partial charge on any atom is -0.481 e. The standard InChI is InChI=1S/C11H17N3O4/c1-7-9(6-14(2)13-7)11(17)12-5-8(18-3)4-10(15)16/h6,8H,4-5H2,1-3H3,(H,12,17)(H,15,16). The molecule has 1 heterocycles. The average Bonchev–Trinajstić information content (AvgIpc) is 2.62. The van der Waals surface area contributed by atoms with E-state index >= 15 is 0 Å². The lowest BCUT2D eigenvalue weighted by Crippen LogP contribution is -2.34. The van der Waals surface area contributed by atoms with Gasteiger partial charge in [-0.25, -0.2) is 0 Å². The monoisotopic (exact) mass is 255 g/mol. The first-order chi connectivity index (χ1) is 8.43. The molecule has 0 radical (unpaired) electrons. The van der Waals surface area contributed by atoms with Gasteiger partial charge in [0.05, 0.1) is 23.8 Å². The molecule has 0 aliphatic heterocycles. The average molecular weight is 255 g/mol. The van der Waals surface area contributed by atoms with Gasteiger partial charge in [0.1, 0.15) is 0 Å². The first kappa shape index (κ1) is 14.2. The second-order valence-corrected chi connectivity index (χ2v) is 3.97. The summed E-state index contributed by atoms with van der Waals surface area (Å²) in [5.41, 5.74) is 1.10. The highest BCUT2D eigenvalue weighted by Crippen LogP contribution is 2.04. The second kappa shape index (κ2) is 6.15. The van der Waals surface area contributed by atoms with Crippen molar-refractivity contribution in [1.82, 2.24) is 15.1 Å². The van der Waals surface area contributed by atoms with Crippen LogP contribution in [0.15, 0.2) is 6.20 Å². The number of aryl methyl sites for hydroxylation is 2. The number of nitrogens with one attached hydrogen (secondary N) is 1. The van der Waals surface area contributed by atoms with E-state index in [4.69, 9.17) is 9.84 Å². The Kier molecular flexibility index (Phi) is 4.85. The number of amides is 1. The van der Waals surface area contributed by atoms with E-state index in [1.165, 1.54) is 7.11 Å². The van der Waals surface area contributed by atoms with Crippen LogP contribution >= 0.6 is 0 Å². The van der Waals surface area contributed by atoms with Crippen LogP contribution in [0.4, 0.5) is 0 Å². The summed E-state index contributed by atoms with van der Waals surface area (Å²) in [6.07, 6.45) is 0.926. The number of ether oxygens (including phenoxy) is 1. The van der Waals surface area contributed by atoms with Crippen LogP contribution in [0.25, 0.3) is 0 Å². The molecule has 0 aliphatic rings. The second-order valence-electron chi connectivity index (χ2n) is 3.97. The number of aromatic nitrogens is 2. The lowest BCUT2D eigenvalue weighted by molar-refractivity contribution is -0.139. The zero-order valence-corrected chi connectivity index (χ0v) is 10.6. The Morgan fingerprint density at radius 2 is 2.28 bits per heavy atom. The van der Waals surface area contributed by atoms with Gasteiger partial charge in [0.2, 0.25) is 0 Å². The highest BCUT2D eigenvalue weighted by molar-refractivity contribution is 5.95. The van der Waals surface area contributed by atoms with Crippen molar-refractivity contribution in [2.24, 2.45) is 7.05 Å². The highest BCUT2D eigenvalue weighted by atomic mass is 16.5. The molecule has 1 rings (SSSR count). The van der Waals surface area contributed by atoms with Crippen molar-refractivity contribution in [1.29, 1.82) is 0 Å². The molecule has 0 bridgehead atoms. The number of rotatable bonds is 6. The van der Waals surface area contributed by atoms with E-state index in [2.05, 4.69) is 10.4 Å². The Morgan fingerprint density at radius 1 is 1.61 bits per heavy atom. The normalized spacial score (nSPS) is 12.2. The van der Waals surface area contributed by atoms with Crippen LogP contribution in [-0.4, -0.2) is 46.5 Å². The molecule has 1 amide bonds. The quantitative estimate of drug-likeness (QED) is 0.743. The number of carbonyl (C=O) groups is 2. The van der Waals surface area contributed by atoms with E-state index in [1.54, 1.807) is 24.9 Å². The molecule has 0 fully saturated rings. The van der Waals surface area contributed by atoms with Crippen molar-refractivity contribution in [3.05, 3.63) is 17.5 Å². The summed E-state index contributed by atoms with van der Waals surface area (Å²) in [6.45, 7) is 1.88. The van der Waals surface area contributed by atoms with Crippen LogP contribution in [0.1, 0.15) is 22.5 Å². The predicted octanol–water partition coefficient (Wildman–Crippen LogP) is -0.0520. The summed E-state index contributed by atoms with van der Waals surface area (Å²) in [5.74, 6) is -1.25. The van der Waals surface area contributed by atoms with Gasteiger partial charge in [-0.2, -0.15) is 5.10 Å². The van der Waals surface area contributed by atoms with Crippen LogP contribution in [-0.2, 0) is 16.6 Å². The molecule has 0 aromatic carbocycles. The van der Waals surface area contributed by atoms with Crippen molar-refractivity contribution in [2.75, 3.05) is 13.7 Å². The van der Waals surface area contributed by atoms with E-state index in [-0.39, 0.29) is 18.9 Å². The third-order valence-electron chi connectivity index (χ3n) is 2.48. The first-order valence-electron chi connectivity index (χ1n) is 5.47. The van der Waals surface area contributed by atoms with E-state index in [9.17, 15) is 9.59 Å². The summed E-state index contributed by atoms with van der Waals surface area (Å²) in [5, 5.41) is 15.3. The summed E-state index contributed by atoms with van der Waals surface area (Å²) >= 11 is 0. The zero-order chi connectivity index (χ0) is 13.7. The lowest BCUT2D eigenvalue weighted by atomic mass is 10.2. The molecule has 7 nitrogen and oxygen atoms in total. The number of nitrogens with zero attached hydrogens (tertiary/aromatic N) is 2. The molecule has 0 saturated carbocycles. The number of carboxylic acids is 1. The minimum absolute atomic E-state index is 0.149. The van der Waals surface area contributed by atoms with Crippen molar-refractivity contribution in [2.45, 2.75) is 19.4 Å². The van der Waals surface area contributed by atoms with Crippen LogP contribution in [0, 0.1) is 6.92 Å². The van der Waals surface area contributed by atoms with Gasteiger partial charge in [-0.3, -0.25) is 14.3 Å². The number of hydrogen-bond donors (Lipinski definition) is 2. The Hall–Kier alpha value is -1.89. The molecule has 1 aromatic heterocycles. The number of aliphatic carboxylic acids is 1. The Labute approximate surface area is 105 Å². The smallest absolute Gasteiger partial charge is 0.306 e. The van der Waals surface area contributed by atoms with Crippen molar-refractivity contribution < 1.29 is 19.4 Å². The van der Waals surface area contributed by atoms with Crippen LogP contribution in [0.5, 0.6) is 0 Å². The van der Waals surface area contributed by atoms with E-state index < -0.39 is 12.1 Å². The van der Waals surface area contributed by atoms with Crippen LogP contribution in [0.2, 0.25) is 0 Å².